The molecule has 9 nitrogen and oxygen atoms in total. The number of carbonyl (C=O) groups excluding carboxylic acids is 1. The highest BCUT2D eigenvalue weighted by Gasteiger charge is 2.45. The molecule has 2 bridgehead atoms. The first-order chi connectivity index (χ1) is 17.2. The lowest BCUT2D eigenvalue weighted by Gasteiger charge is -2.55. The normalized spacial score (nSPS) is 28.4. The summed E-state index contributed by atoms with van der Waals surface area (Å²) in [6.45, 7) is 2.32. The highest BCUT2D eigenvalue weighted by molar-refractivity contribution is 7.50. The minimum absolute atomic E-state index is 0.102. The maximum absolute atomic E-state index is 13.7. The number of amides is 1. The molecular formula is C26H37N4O5P. The van der Waals surface area contributed by atoms with Gasteiger partial charge in [-0.15, -0.1) is 0 Å². The Bertz CT molecular complexity index is 1220. The van der Waals surface area contributed by atoms with Crippen molar-refractivity contribution in [1.29, 1.82) is 0 Å². The fourth-order valence-corrected chi connectivity index (χ4v) is 7.38. The molecule has 3 N–H and O–H groups in total. The topological polar surface area (TPSA) is 125 Å². The third kappa shape index (κ3) is 5.17. The maximum Gasteiger partial charge on any atom is 0.430 e. The van der Waals surface area contributed by atoms with Crippen LogP contribution in [0.5, 0.6) is 0 Å². The van der Waals surface area contributed by atoms with Crippen LogP contribution in [0.3, 0.4) is 0 Å². The van der Waals surface area contributed by atoms with Crippen LogP contribution in [0.1, 0.15) is 94.1 Å². The summed E-state index contributed by atoms with van der Waals surface area (Å²) in [4.78, 5) is 51.8. The average Bonchev–Trinajstić information content (AvgIpc) is 2.79. The molecule has 36 heavy (non-hydrogen) atoms. The zero-order chi connectivity index (χ0) is 25.4. The number of aromatic nitrogens is 2. The summed E-state index contributed by atoms with van der Waals surface area (Å²) in [5.74, 6) is -0.621. The summed E-state index contributed by atoms with van der Waals surface area (Å²) in [5.41, 5.74) is 0.0615. The van der Waals surface area contributed by atoms with Crippen LogP contribution in [-0.4, -0.2) is 48.3 Å². The van der Waals surface area contributed by atoms with Crippen molar-refractivity contribution in [3.63, 3.8) is 0 Å². The number of hydrogen-bond acceptors (Lipinski definition) is 5. The van der Waals surface area contributed by atoms with Gasteiger partial charge in [-0.1, -0.05) is 51.2 Å². The highest BCUT2D eigenvalue weighted by Crippen LogP contribution is 2.44. The third-order valence-electron chi connectivity index (χ3n) is 8.59. The van der Waals surface area contributed by atoms with Crippen LogP contribution in [0.4, 0.5) is 0 Å². The number of fused-ring (bicyclic) bond motifs is 3. The lowest BCUT2D eigenvalue weighted by molar-refractivity contribution is -0.0499. The lowest BCUT2D eigenvalue weighted by atomic mass is 9.74. The highest BCUT2D eigenvalue weighted by atomic mass is 31.2. The number of nitrogens with one attached hydrogen (secondary N) is 1. The van der Waals surface area contributed by atoms with Crippen LogP contribution in [0.25, 0.3) is 11.0 Å². The summed E-state index contributed by atoms with van der Waals surface area (Å²) < 4.78 is 13.1. The van der Waals surface area contributed by atoms with Gasteiger partial charge in [0.05, 0.1) is 11.0 Å². The predicted octanol–water partition coefficient (Wildman–Crippen LogP) is 4.14. The fraction of sp³-hybridized carbons (Fsp3) is 0.654. The average molecular weight is 517 g/mol. The van der Waals surface area contributed by atoms with Gasteiger partial charge in [0, 0.05) is 24.2 Å². The molecular weight excluding hydrogens is 479 g/mol. The largest absolute Gasteiger partial charge is 0.430 e. The van der Waals surface area contributed by atoms with E-state index in [2.05, 4.69) is 16.8 Å². The van der Waals surface area contributed by atoms with Gasteiger partial charge in [0.2, 0.25) is 0 Å². The monoisotopic (exact) mass is 516 g/mol. The molecule has 0 spiro atoms. The van der Waals surface area contributed by atoms with Crippen molar-refractivity contribution in [1.82, 2.24) is 19.5 Å². The standard InChI is InChI=1S/C26H37N4O5P/c1-17-13-14-19-15-20(16-23(17)29(19)18-9-5-3-2-4-6-10-18)30-22-12-8-7-11-21(22)27-24(26(30)32)25(31)28-36(33,34)35/h7-8,11-12,17-20,23H,2-6,9-10,13-16H2,1H3,(H3,28,31,33,34,35)/t17-,19+,20-,23+/m0/s1. The zero-order valence-electron chi connectivity index (χ0n) is 20.9. The number of para-hydroxylation sites is 2. The quantitative estimate of drug-likeness (QED) is 0.522. The number of rotatable bonds is 4. The molecule has 196 valence electrons. The van der Waals surface area contributed by atoms with Crippen molar-refractivity contribution in [3.05, 3.63) is 40.3 Å². The second-order valence-corrected chi connectivity index (χ2v) is 12.3. The summed E-state index contributed by atoms with van der Waals surface area (Å²) in [6.07, 6.45) is 13.0. The smallest absolute Gasteiger partial charge is 0.308 e. The van der Waals surface area contributed by atoms with E-state index in [1.54, 1.807) is 21.8 Å². The summed E-state index contributed by atoms with van der Waals surface area (Å²) in [5, 5.41) is 1.62. The van der Waals surface area contributed by atoms with Crippen LogP contribution < -0.4 is 10.6 Å². The zero-order valence-corrected chi connectivity index (χ0v) is 21.8. The Morgan fingerprint density at radius 2 is 1.67 bits per heavy atom. The first kappa shape index (κ1) is 25.6. The van der Waals surface area contributed by atoms with E-state index < -0.39 is 24.9 Å². The van der Waals surface area contributed by atoms with E-state index in [1.165, 1.54) is 51.4 Å². The number of hydrogen-bond donors (Lipinski definition) is 3. The van der Waals surface area contributed by atoms with Crippen molar-refractivity contribution in [2.24, 2.45) is 5.92 Å². The van der Waals surface area contributed by atoms with E-state index in [0.717, 1.165) is 19.3 Å². The molecule has 10 heteroatoms. The molecule has 0 unspecified atom stereocenters. The van der Waals surface area contributed by atoms with E-state index in [-0.39, 0.29) is 6.04 Å². The number of piperidine rings is 2. The summed E-state index contributed by atoms with van der Waals surface area (Å²) in [7, 11) is -4.86. The van der Waals surface area contributed by atoms with E-state index in [0.29, 0.717) is 35.1 Å². The van der Waals surface area contributed by atoms with Gasteiger partial charge in [-0.05, 0) is 56.6 Å². The van der Waals surface area contributed by atoms with E-state index in [4.69, 9.17) is 0 Å². The van der Waals surface area contributed by atoms with E-state index >= 15 is 0 Å². The maximum atomic E-state index is 13.7. The minimum Gasteiger partial charge on any atom is -0.308 e. The van der Waals surface area contributed by atoms with Crippen LogP contribution >= 0.6 is 7.75 Å². The third-order valence-corrected chi connectivity index (χ3v) is 9.09. The molecule has 1 aliphatic carbocycles. The Kier molecular flexibility index (Phi) is 7.37. The minimum atomic E-state index is -4.86. The number of carbonyl (C=O) groups is 1. The van der Waals surface area contributed by atoms with Gasteiger partial charge in [0.25, 0.3) is 11.5 Å². The molecule has 0 radical (unpaired) electrons. The van der Waals surface area contributed by atoms with E-state index in [1.807, 2.05) is 12.1 Å². The van der Waals surface area contributed by atoms with Gasteiger partial charge in [-0.2, -0.15) is 0 Å². The van der Waals surface area contributed by atoms with Crippen molar-refractivity contribution >= 4 is 24.7 Å². The van der Waals surface area contributed by atoms with Crippen molar-refractivity contribution in [2.75, 3.05) is 0 Å². The molecule has 3 aliphatic rings. The Hall–Kier alpha value is -2.06. The Balaban J connectivity index is 1.52. The number of nitrogens with zero attached hydrogens (tertiary/aromatic N) is 3. The second-order valence-electron chi connectivity index (χ2n) is 11.0. The van der Waals surface area contributed by atoms with Crippen LogP contribution in [0, 0.1) is 5.92 Å². The summed E-state index contributed by atoms with van der Waals surface area (Å²) >= 11 is 0. The van der Waals surface area contributed by atoms with Crippen molar-refractivity contribution in [3.8, 4) is 0 Å². The van der Waals surface area contributed by atoms with Gasteiger partial charge in [0.15, 0.2) is 5.69 Å². The van der Waals surface area contributed by atoms with Gasteiger partial charge in [0.1, 0.15) is 0 Å². The van der Waals surface area contributed by atoms with Gasteiger partial charge >= 0.3 is 7.75 Å². The van der Waals surface area contributed by atoms with Gasteiger partial charge < -0.3 is 14.4 Å². The van der Waals surface area contributed by atoms with Crippen molar-refractivity contribution < 1.29 is 19.1 Å². The molecule has 1 saturated carbocycles. The first-order valence-corrected chi connectivity index (χ1v) is 15.0. The van der Waals surface area contributed by atoms with Crippen LogP contribution in [0.2, 0.25) is 0 Å². The number of benzene rings is 1. The van der Waals surface area contributed by atoms with Crippen molar-refractivity contribution in [2.45, 2.75) is 102 Å². The molecule has 1 aromatic carbocycles. The molecule has 5 rings (SSSR count). The Morgan fingerprint density at radius 3 is 2.39 bits per heavy atom. The van der Waals surface area contributed by atoms with Crippen LogP contribution in [-0.2, 0) is 4.57 Å². The van der Waals surface area contributed by atoms with E-state index in [9.17, 15) is 23.9 Å². The van der Waals surface area contributed by atoms with Gasteiger partial charge in [-0.3, -0.25) is 19.6 Å². The predicted molar refractivity (Wildman–Crippen MR) is 138 cm³/mol. The SMILES string of the molecule is C[C@H]1CC[C@@H]2C[C@H](n3c(=O)c(C(=O)NP(=O)(O)O)nc4ccccc43)C[C@H]1N2C1CCCCCCC1. The Morgan fingerprint density at radius 1 is 0.972 bits per heavy atom. The molecule has 1 amide bonds. The molecule has 1 aromatic heterocycles. The molecule has 4 atom stereocenters. The molecule has 2 aromatic rings. The fourth-order valence-electron chi connectivity index (χ4n) is 7.01. The van der Waals surface area contributed by atoms with Gasteiger partial charge in [-0.25, -0.2) is 9.55 Å². The van der Waals surface area contributed by atoms with Crippen LogP contribution in [0.15, 0.2) is 29.1 Å². The lowest BCUT2D eigenvalue weighted by Crippen LogP contribution is -2.59. The first-order valence-electron chi connectivity index (χ1n) is 13.4. The molecule has 2 saturated heterocycles. The molecule has 2 aliphatic heterocycles. The summed E-state index contributed by atoms with van der Waals surface area (Å²) in [6, 6.07) is 8.46. The second kappa shape index (κ2) is 10.4. The Labute approximate surface area is 211 Å². The molecule has 3 heterocycles. The molecule has 3 fully saturated rings.